The van der Waals surface area contributed by atoms with Crippen molar-refractivity contribution in [1.29, 1.82) is 0 Å². The number of esters is 1. The smallest absolute Gasteiger partial charge is 0.338 e. The molecule has 1 aromatic heterocycles. The zero-order chi connectivity index (χ0) is 26.9. The van der Waals surface area contributed by atoms with Gasteiger partial charge in [0.05, 0.1) is 53.8 Å². The Labute approximate surface area is 253 Å². The zero-order valence-corrected chi connectivity index (χ0v) is 27.2. The van der Waals surface area contributed by atoms with E-state index >= 15 is 0 Å². The lowest BCUT2D eigenvalue weighted by Crippen LogP contribution is -2.40. The van der Waals surface area contributed by atoms with E-state index in [0.717, 1.165) is 24.0 Å². The molecule has 1 aliphatic rings. The van der Waals surface area contributed by atoms with Crippen molar-refractivity contribution < 1.29 is 19.0 Å². The molecule has 3 aromatic rings. The molecule has 4 rings (SSSR count). The maximum Gasteiger partial charge on any atom is 0.338 e. The number of fused-ring (bicyclic) bond motifs is 1. The van der Waals surface area contributed by atoms with Crippen LogP contribution in [-0.4, -0.2) is 30.9 Å². The molecule has 0 aliphatic carbocycles. The minimum absolute atomic E-state index is 0.216. The Hall–Kier alpha value is -1.71. The molecule has 2 aromatic carbocycles. The first-order chi connectivity index (χ1) is 17.7. The van der Waals surface area contributed by atoms with Crippen LogP contribution in [0.1, 0.15) is 37.9 Å². The second-order valence-corrected chi connectivity index (χ2v) is 12.1. The van der Waals surface area contributed by atoms with Gasteiger partial charge in [-0.15, -0.1) is 0 Å². The highest BCUT2D eigenvalue weighted by Crippen LogP contribution is 2.35. The second-order valence-electron chi connectivity index (χ2n) is 7.94. The predicted molar refractivity (Wildman–Crippen MR) is 164 cm³/mol. The largest absolute Gasteiger partial charge is 0.496 e. The lowest BCUT2D eigenvalue weighted by Gasteiger charge is -2.25. The number of ether oxygens (including phenoxy) is 3. The third-order valence-corrected chi connectivity index (χ3v) is 8.82. The van der Waals surface area contributed by atoms with Crippen LogP contribution in [0.2, 0.25) is 0 Å². The summed E-state index contributed by atoms with van der Waals surface area (Å²) in [6.45, 7) is 6.26. The van der Waals surface area contributed by atoms with Gasteiger partial charge in [0.1, 0.15) is 11.5 Å². The number of carbonyl (C=O) groups excluding carboxylic acids is 1. The molecule has 0 fully saturated rings. The lowest BCUT2D eigenvalue weighted by atomic mass is 9.96. The van der Waals surface area contributed by atoms with Gasteiger partial charge >= 0.3 is 5.97 Å². The Kier molecular flexibility index (Phi) is 9.17. The number of nitrogens with zero attached hydrogens (tertiary/aromatic N) is 2. The van der Waals surface area contributed by atoms with Gasteiger partial charge in [-0.05, 0) is 123 Å². The van der Waals surface area contributed by atoms with E-state index in [0.29, 0.717) is 37.4 Å². The summed E-state index contributed by atoms with van der Waals surface area (Å²) in [6.07, 6.45) is 1.86. The van der Waals surface area contributed by atoms with Crippen molar-refractivity contribution >= 4 is 84.5 Å². The van der Waals surface area contributed by atoms with Crippen molar-refractivity contribution in [2.75, 3.05) is 20.3 Å². The number of hydrogen-bond acceptors (Lipinski definition) is 7. The highest BCUT2D eigenvalue weighted by molar-refractivity contribution is 14.1. The average molecular weight is 809 g/mol. The van der Waals surface area contributed by atoms with Crippen LogP contribution in [0, 0.1) is 7.14 Å². The molecule has 0 radical (unpaired) electrons. The van der Waals surface area contributed by atoms with Crippen LogP contribution in [0.3, 0.4) is 0 Å². The number of hydrogen-bond donors (Lipinski definition) is 0. The summed E-state index contributed by atoms with van der Waals surface area (Å²) >= 11 is 9.31. The molecule has 194 valence electrons. The number of benzene rings is 2. The topological polar surface area (TPSA) is 79.1 Å². The summed E-state index contributed by atoms with van der Waals surface area (Å²) < 4.78 is 21.2. The standard InChI is InChI=1S/C26H23BrI2N2O5S/c1-5-35-23-17(28)9-14(10-18(23)29)11-20-24(32)31-22(15-7-8-19(34-4)16(27)12-15)21(25(33)36-6-2)13(3)30-26(31)37-20/h7-12,22H,5-6H2,1-4H3/b20-11+/t22-/m1/s1. The van der Waals surface area contributed by atoms with Crippen LogP contribution in [0.5, 0.6) is 11.5 Å². The van der Waals surface area contributed by atoms with E-state index in [-0.39, 0.29) is 12.2 Å². The van der Waals surface area contributed by atoms with E-state index in [1.165, 1.54) is 11.3 Å². The van der Waals surface area contributed by atoms with Crippen LogP contribution >= 0.6 is 72.4 Å². The Morgan fingerprint density at radius 3 is 2.49 bits per heavy atom. The minimum atomic E-state index is -0.694. The molecular weight excluding hydrogens is 786 g/mol. The van der Waals surface area contributed by atoms with E-state index in [2.05, 4.69) is 66.1 Å². The number of aromatic nitrogens is 1. The normalized spacial score (nSPS) is 15.3. The Balaban J connectivity index is 1.93. The van der Waals surface area contributed by atoms with Gasteiger partial charge in [-0.25, -0.2) is 9.79 Å². The molecule has 0 N–H and O–H groups in total. The number of allylic oxidation sites excluding steroid dienone is 1. The molecule has 1 aliphatic heterocycles. The first-order valence-corrected chi connectivity index (χ1v) is 15.1. The molecule has 2 heterocycles. The summed E-state index contributed by atoms with van der Waals surface area (Å²) in [7, 11) is 1.58. The number of carbonyl (C=O) groups is 1. The molecule has 11 heteroatoms. The molecule has 0 saturated carbocycles. The number of rotatable bonds is 7. The summed E-state index contributed by atoms with van der Waals surface area (Å²) in [5.74, 6) is 0.988. The first-order valence-electron chi connectivity index (χ1n) is 11.3. The molecule has 0 bridgehead atoms. The summed E-state index contributed by atoms with van der Waals surface area (Å²) in [5, 5.41) is 0. The molecule has 37 heavy (non-hydrogen) atoms. The molecule has 0 amide bonds. The van der Waals surface area contributed by atoms with E-state index in [1.54, 1.807) is 31.6 Å². The van der Waals surface area contributed by atoms with Crippen LogP contribution < -0.4 is 24.4 Å². The SMILES string of the molecule is CCOC(=O)C1=C(C)N=c2s/c(=C/c3cc(I)c(OCC)c(I)c3)c(=O)n2[C@@H]1c1ccc(OC)c(Br)c1. The molecule has 0 spiro atoms. The quantitative estimate of drug-likeness (QED) is 0.243. The Morgan fingerprint density at radius 1 is 1.19 bits per heavy atom. The van der Waals surface area contributed by atoms with Gasteiger partial charge in [0.2, 0.25) is 0 Å². The molecule has 0 unspecified atom stereocenters. The van der Waals surface area contributed by atoms with Gasteiger partial charge in [-0.3, -0.25) is 9.36 Å². The highest BCUT2D eigenvalue weighted by atomic mass is 127. The predicted octanol–water partition coefficient (Wildman–Crippen LogP) is 5.18. The third kappa shape index (κ3) is 5.69. The number of thiazole rings is 1. The number of methoxy groups -OCH3 is 1. The zero-order valence-electron chi connectivity index (χ0n) is 20.4. The molecule has 7 nitrogen and oxygen atoms in total. The van der Waals surface area contributed by atoms with Gasteiger partial charge in [-0.1, -0.05) is 17.4 Å². The fourth-order valence-electron chi connectivity index (χ4n) is 4.06. The Morgan fingerprint density at radius 2 is 1.89 bits per heavy atom. The van der Waals surface area contributed by atoms with Crippen LogP contribution in [0.15, 0.2) is 55.9 Å². The minimum Gasteiger partial charge on any atom is -0.496 e. The number of halogens is 3. The Bertz CT molecular complexity index is 1570. The first kappa shape index (κ1) is 28.3. The van der Waals surface area contributed by atoms with Gasteiger partial charge in [0.25, 0.3) is 5.56 Å². The van der Waals surface area contributed by atoms with E-state index in [9.17, 15) is 9.59 Å². The molecule has 1 atom stereocenters. The molecular formula is C26H23BrI2N2O5S. The summed E-state index contributed by atoms with van der Waals surface area (Å²) in [5.41, 5.74) is 2.25. The van der Waals surface area contributed by atoms with Crippen molar-refractivity contribution in [2.24, 2.45) is 4.99 Å². The van der Waals surface area contributed by atoms with Crippen LogP contribution in [0.4, 0.5) is 0 Å². The van der Waals surface area contributed by atoms with E-state index < -0.39 is 12.0 Å². The molecule has 0 saturated heterocycles. The van der Waals surface area contributed by atoms with Gasteiger partial charge in [0, 0.05) is 0 Å². The average Bonchev–Trinajstić information content (AvgIpc) is 3.14. The van der Waals surface area contributed by atoms with Crippen molar-refractivity contribution in [2.45, 2.75) is 26.8 Å². The van der Waals surface area contributed by atoms with E-state index in [1.807, 2.05) is 37.3 Å². The van der Waals surface area contributed by atoms with Crippen molar-refractivity contribution in [3.63, 3.8) is 0 Å². The maximum absolute atomic E-state index is 13.8. The van der Waals surface area contributed by atoms with Gasteiger partial charge in [0.15, 0.2) is 4.80 Å². The monoisotopic (exact) mass is 808 g/mol. The maximum atomic E-state index is 13.8. The van der Waals surface area contributed by atoms with Crippen LogP contribution in [-0.2, 0) is 9.53 Å². The fraction of sp³-hybridized carbons (Fsp3) is 0.269. The van der Waals surface area contributed by atoms with Crippen molar-refractivity contribution in [3.8, 4) is 11.5 Å². The lowest BCUT2D eigenvalue weighted by molar-refractivity contribution is -0.139. The third-order valence-electron chi connectivity index (χ3n) is 5.62. The van der Waals surface area contributed by atoms with E-state index in [4.69, 9.17) is 14.2 Å². The van der Waals surface area contributed by atoms with Gasteiger partial charge < -0.3 is 14.2 Å². The van der Waals surface area contributed by atoms with Gasteiger partial charge in [-0.2, -0.15) is 0 Å². The summed E-state index contributed by atoms with van der Waals surface area (Å²) in [4.78, 5) is 32.1. The highest BCUT2D eigenvalue weighted by Gasteiger charge is 2.33. The van der Waals surface area contributed by atoms with Crippen molar-refractivity contribution in [3.05, 3.63) is 84.0 Å². The summed E-state index contributed by atoms with van der Waals surface area (Å²) in [6, 6.07) is 8.78. The second kappa shape index (κ2) is 12.0. The van der Waals surface area contributed by atoms with Crippen LogP contribution in [0.25, 0.3) is 6.08 Å². The van der Waals surface area contributed by atoms with Crippen molar-refractivity contribution in [1.82, 2.24) is 4.57 Å². The fourth-order valence-corrected chi connectivity index (χ4v) is 7.79.